The zero-order valence-electron chi connectivity index (χ0n) is 17.9. The van der Waals surface area contributed by atoms with Gasteiger partial charge in [-0.2, -0.15) is 0 Å². The van der Waals surface area contributed by atoms with E-state index in [0.717, 1.165) is 36.6 Å². The molecule has 0 saturated heterocycles. The molecular formula is C25H32ClN3. The van der Waals surface area contributed by atoms with Crippen molar-refractivity contribution in [1.82, 2.24) is 14.5 Å². The van der Waals surface area contributed by atoms with Gasteiger partial charge in [0.25, 0.3) is 0 Å². The second-order valence-electron chi connectivity index (χ2n) is 8.53. The third-order valence-corrected chi connectivity index (χ3v) is 6.60. The molecule has 2 aromatic heterocycles. The Bertz CT molecular complexity index is 974. The number of fused-ring (bicyclic) bond motifs is 3. The van der Waals surface area contributed by atoms with Crippen molar-refractivity contribution in [3.8, 4) is 0 Å². The molecule has 3 nitrogen and oxygen atoms in total. The van der Waals surface area contributed by atoms with Crippen molar-refractivity contribution < 1.29 is 0 Å². The van der Waals surface area contributed by atoms with Crippen LogP contribution in [0.4, 0.5) is 0 Å². The molecule has 0 aliphatic carbocycles. The predicted octanol–water partition coefficient (Wildman–Crippen LogP) is 6.18. The Balaban J connectivity index is 1.65. The molecule has 1 aliphatic rings. The Kier molecular flexibility index (Phi) is 6.26. The van der Waals surface area contributed by atoms with Crippen LogP contribution in [0.3, 0.4) is 0 Å². The molecule has 3 heterocycles. The van der Waals surface area contributed by atoms with Gasteiger partial charge in [0.1, 0.15) is 0 Å². The standard InChI is InChI=1S/C25H32ClN3/c1-4-5-6-12-28-17-23-22-15-21(26)9-10-24(22)29(25(23)14-19(28)3)13-11-20-8-7-18(2)27-16-20/h7-10,15-16,19H,4-6,11-14,17H2,1-3H3. The minimum Gasteiger partial charge on any atom is -0.344 e. The lowest BCUT2D eigenvalue weighted by atomic mass is 9.98. The van der Waals surface area contributed by atoms with Gasteiger partial charge in [-0.3, -0.25) is 9.88 Å². The van der Waals surface area contributed by atoms with Gasteiger partial charge >= 0.3 is 0 Å². The first-order chi connectivity index (χ1) is 14.1. The van der Waals surface area contributed by atoms with Crippen molar-refractivity contribution in [2.75, 3.05) is 6.54 Å². The molecule has 0 fully saturated rings. The van der Waals surface area contributed by atoms with Crippen LogP contribution in [0.5, 0.6) is 0 Å². The number of halogens is 1. The number of rotatable bonds is 7. The van der Waals surface area contributed by atoms with E-state index in [1.165, 1.54) is 53.5 Å². The van der Waals surface area contributed by atoms with Gasteiger partial charge < -0.3 is 4.57 Å². The number of aromatic nitrogens is 2. The van der Waals surface area contributed by atoms with Gasteiger partial charge in [0.2, 0.25) is 0 Å². The van der Waals surface area contributed by atoms with E-state index in [1.54, 1.807) is 0 Å². The zero-order valence-corrected chi connectivity index (χ0v) is 18.7. The highest BCUT2D eigenvalue weighted by Crippen LogP contribution is 2.35. The molecule has 0 spiro atoms. The molecule has 0 saturated carbocycles. The van der Waals surface area contributed by atoms with Crippen LogP contribution < -0.4 is 0 Å². The highest BCUT2D eigenvalue weighted by Gasteiger charge is 2.28. The Morgan fingerprint density at radius 1 is 1.14 bits per heavy atom. The molecule has 1 aromatic carbocycles. The Morgan fingerprint density at radius 2 is 2.00 bits per heavy atom. The molecule has 1 unspecified atom stereocenters. The summed E-state index contributed by atoms with van der Waals surface area (Å²) in [7, 11) is 0. The summed E-state index contributed by atoms with van der Waals surface area (Å²) in [6.07, 6.45) is 8.00. The Hall–Kier alpha value is -1.84. The van der Waals surface area contributed by atoms with Crippen LogP contribution >= 0.6 is 11.6 Å². The molecule has 154 valence electrons. The number of unbranched alkanes of at least 4 members (excludes halogenated alkanes) is 2. The number of benzene rings is 1. The quantitative estimate of drug-likeness (QED) is 0.434. The van der Waals surface area contributed by atoms with Gasteiger partial charge in [-0.05, 0) is 68.6 Å². The fourth-order valence-electron chi connectivity index (χ4n) is 4.63. The molecule has 1 atom stereocenters. The summed E-state index contributed by atoms with van der Waals surface area (Å²) < 4.78 is 2.54. The van der Waals surface area contributed by atoms with Crippen LogP contribution in [0.1, 0.15) is 55.6 Å². The number of aryl methyl sites for hydroxylation is 3. The maximum atomic E-state index is 6.39. The fraction of sp³-hybridized carbons (Fsp3) is 0.480. The summed E-state index contributed by atoms with van der Waals surface area (Å²) in [6, 6.07) is 11.3. The summed E-state index contributed by atoms with van der Waals surface area (Å²) >= 11 is 6.39. The summed E-state index contributed by atoms with van der Waals surface area (Å²) in [5.41, 5.74) is 6.68. The maximum Gasteiger partial charge on any atom is 0.0487 e. The van der Waals surface area contributed by atoms with E-state index in [9.17, 15) is 0 Å². The van der Waals surface area contributed by atoms with E-state index < -0.39 is 0 Å². The SMILES string of the molecule is CCCCCN1Cc2c(n(CCc3ccc(C)nc3)c3ccc(Cl)cc23)CC1C. The molecule has 29 heavy (non-hydrogen) atoms. The van der Waals surface area contributed by atoms with E-state index in [4.69, 9.17) is 11.6 Å². The molecular weight excluding hydrogens is 378 g/mol. The Morgan fingerprint density at radius 3 is 2.76 bits per heavy atom. The summed E-state index contributed by atoms with van der Waals surface area (Å²) in [5, 5.41) is 2.17. The zero-order chi connectivity index (χ0) is 20.4. The molecule has 0 amide bonds. The number of pyridine rings is 1. The highest BCUT2D eigenvalue weighted by atomic mass is 35.5. The average molecular weight is 410 g/mol. The van der Waals surface area contributed by atoms with E-state index in [0.29, 0.717) is 6.04 Å². The Labute approximate surface area is 179 Å². The van der Waals surface area contributed by atoms with Gasteiger partial charge in [-0.1, -0.05) is 37.4 Å². The van der Waals surface area contributed by atoms with Gasteiger partial charge in [0.15, 0.2) is 0 Å². The van der Waals surface area contributed by atoms with Crippen molar-refractivity contribution in [3.63, 3.8) is 0 Å². The van der Waals surface area contributed by atoms with Gasteiger partial charge in [-0.25, -0.2) is 0 Å². The molecule has 1 aliphatic heterocycles. The topological polar surface area (TPSA) is 21.1 Å². The van der Waals surface area contributed by atoms with Gasteiger partial charge in [0, 0.05) is 59.1 Å². The first kappa shape index (κ1) is 20.4. The monoisotopic (exact) mass is 409 g/mol. The third kappa shape index (κ3) is 4.36. The first-order valence-electron chi connectivity index (χ1n) is 11.0. The first-order valence-corrected chi connectivity index (χ1v) is 11.4. The second-order valence-corrected chi connectivity index (χ2v) is 8.96. The minimum absolute atomic E-state index is 0.582. The van der Waals surface area contributed by atoms with Crippen LogP contribution in [0, 0.1) is 6.92 Å². The van der Waals surface area contributed by atoms with Crippen LogP contribution in [0.2, 0.25) is 5.02 Å². The van der Waals surface area contributed by atoms with Crippen molar-refractivity contribution >= 4 is 22.5 Å². The van der Waals surface area contributed by atoms with E-state index in [1.807, 2.05) is 19.2 Å². The lowest BCUT2D eigenvalue weighted by Gasteiger charge is -2.34. The average Bonchev–Trinajstić information content (AvgIpc) is 2.99. The smallest absolute Gasteiger partial charge is 0.0487 e. The second kappa shape index (κ2) is 8.89. The van der Waals surface area contributed by atoms with E-state index in [2.05, 4.69) is 52.6 Å². The molecule has 4 rings (SSSR count). The minimum atomic E-state index is 0.582. The molecule has 4 heteroatoms. The van der Waals surface area contributed by atoms with Crippen molar-refractivity contribution in [1.29, 1.82) is 0 Å². The van der Waals surface area contributed by atoms with Crippen LogP contribution in [-0.2, 0) is 25.9 Å². The summed E-state index contributed by atoms with van der Waals surface area (Å²) in [5.74, 6) is 0. The molecule has 0 N–H and O–H groups in total. The molecule has 0 bridgehead atoms. The number of hydrogen-bond donors (Lipinski definition) is 0. The van der Waals surface area contributed by atoms with Crippen molar-refractivity contribution in [3.05, 3.63) is 64.1 Å². The van der Waals surface area contributed by atoms with Crippen LogP contribution in [0.25, 0.3) is 10.9 Å². The normalized spacial score (nSPS) is 17.0. The largest absolute Gasteiger partial charge is 0.344 e. The van der Waals surface area contributed by atoms with Crippen LogP contribution in [0.15, 0.2) is 36.5 Å². The third-order valence-electron chi connectivity index (χ3n) is 6.37. The fourth-order valence-corrected chi connectivity index (χ4v) is 4.81. The summed E-state index contributed by atoms with van der Waals surface area (Å²) in [6.45, 7) is 9.91. The van der Waals surface area contributed by atoms with Crippen molar-refractivity contribution in [2.24, 2.45) is 0 Å². The predicted molar refractivity (Wildman–Crippen MR) is 123 cm³/mol. The van der Waals surface area contributed by atoms with E-state index >= 15 is 0 Å². The maximum absolute atomic E-state index is 6.39. The molecule has 3 aromatic rings. The van der Waals surface area contributed by atoms with Gasteiger partial charge in [-0.15, -0.1) is 0 Å². The highest BCUT2D eigenvalue weighted by molar-refractivity contribution is 6.31. The molecule has 0 radical (unpaired) electrons. The van der Waals surface area contributed by atoms with Crippen molar-refractivity contribution in [2.45, 2.75) is 72.0 Å². The number of hydrogen-bond acceptors (Lipinski definition) is 2. The number of nitrogens with zero attached hydrogens (tertiary/aromatic N) is 3. The lowest BCUT2D eigenvalue weighted by molar-refractivity contribution is 0.178. The van der Waals surface area contributed by atoms with Gasteiger partial charge in [0.05, 0.1) is 0 Å². The van der Waals surface area contributed by atoms with Crippen LogP contribution in [-0.4, -0.2) is 27.0 Å². The summed E-state index contributed by atoms with van der Waals surface area (Å²) in [4.78, 5) is 7.12. The lowest BCUT2D eigenvalue weighted by Crippen LogP contribution is -2.39. The van der Waals surface area contributed by atoms with E-state index in [-0.39, 0.29) is 0 Å².